The molecule has 6 heteroatoms. The van der Waals surface area contributed by atoms with Crippen LogP contribution >= 0.6 is 27.7 Å². The van der Waals surface area contributed by atoms with Gasteiger partial charge in [0, 0.05) is 28.2 Å². The third kappa shape index (κ3) is 4.35. The number of thioether (sulfide) groups is 1. The maximum atomic E-state index is 4.59. The van der Waals surface area contributed by atoms with Gasteiger partial charge in [0.1, 0.15) is 0 Å². The number of hydrogen-bond acceptors (Lipinski definition) is 4. The van der Waals surface area contributed by atoms with Crippen LogP contribution < -0.4 is 0 Å². The molecule has 2 heterocycles. The highest BCUT2D eigenvalue weighted by atomic mass is 79.9. The molecule has 4 aromatic rings. The summed E-state index contributed by atoms with van der Waals surface area (Å²) in [7, 11) is 0. The molecule has 2 aromatic carbocycles. The molecular weight excluding hydrogens is 456 g/mol. The molecule has 0 atom stereocenters. The first-order chi connectivity index (χ1) is 14.7. The molecule has 4 nitrogen and oxygen atoms in total. The van der Waals surface area contributed by atoms with Gasteiger partial charge >= 0.3 is 0 Å². The summed E-state index contributed by atoms with van der Waals surface area (Å²) in [5, 5.41) is 10.1. The van der Waals surface area contributed by atoms with Crippen molar-refractivity contribution in [1.82, 2.24) is 19.7 Å². The lowest BCUT2D eigenvalue weighted by atomic mass is 10.0. The van der Waals surface area contributed by atoms with Gasteiger partial charge in [-0.15, -0.1) is 10.2 Å². The number of nitrogens with zero attached hydrogens (tertiary/aromatic N) is 4. The van der Waals surface area contributed by atoms with Crippen LogP contribution in [0.2, 0.25) is 0 Å². The number of aryl methyl sites for hydroxylation is 2. The fourth-order valence-electron chi connectivity index (χ4n) is 3.48. The predicted octanol–water partition coefficient (Wildman–Crippen LogP) is 6.51. The Bertz CT molecular complexity index is 1100. The van der Waals surface area contributed by atoms with Gasteiger partial charge in [-0.05, 0) is 53.8 Å². The standard InChI is InChI=1S/C24H23BrN4S/c1-3-18-7-5-8-19(4-2)22(18)29-23(20-9-6-14-26-15-20)27-28-24(29)30-16-17-10-12-21(25)13-11-17/h5-15H,3-4,16H2,1-2H3. The van der Waals surface area contributed by atoms with Gasteiger partial charge in [0.2, 0.25) is 0 Å². The maximum absolute atomic E-state index is 4.59. The Morgan fingerprint density at radius 1 is 0.900 bits per heavy atom. The van der Waals surface area contributed by atoms with Gasteiger partial charge in [-0.2, -0.15) is 0 Å². The fraction of sp³-hybridized carbons (Fsp3) is 0.208. The summed E-state index contributed by atoms with van der Waals surface area (Å²) in [5.41, 5.74) is 6.01. The van der Waals surface area contributed by atoms with Gasteiger partial charge in [0.15, 0.2) is 11.0 Å². The topological polar surface area (TPSA) is 43.6 Å². The summed E-state index contributed by atoms with van der Waals surface area (Å²) in [6, 6.07) is 18.9. The number of hydrogen-bond donors (Lipinski definition) is 0. The van der Waals surface area contributed by atoms with Gasteiger partial charge in [-0.3, -0.25) is 9.55 Å². The number of benzene rings is 2. The first kappa shape index (κ1) is 20.8. The molecule has 0 aliphatic carbocycles. The van der Waals surface area contributed by atoms with E-state index in [0.717, 1.165) is 39.6 Å². The third-order valence-electron chi connectivity index (χ3n) is 5.02. The van der Waals surface area contributed by atoms with E-state index in [4.69, 9.17) is 0 Å². The van der Waals surface area contributed by atoms with E-state index in [9.17, 15) is 0 Å². The van der Waals surface area contributed by atoms with Crippen LogP contribution in [0.1, 0.15) is 30.5 Å². The minimum atomic E-state index is 0.828. The summed E-state index contributed by atoms with van der Waals surface area (Å²) in [5.74, 6) is 1.66. The monoisotopic (exact) mass is 478 g/mol. The van der Waals surface area contributed by atoms with Crippen LogP contribution in [0, 0.1) is 0 Å². The zero-order valence-electron chi connectivity index (χ0n) is 17.0. The summed E-state index contributed by atoms with van der Waals surface area (Å²) in [6.07, 6.45) is 5.53. The number of aromatic nitrogens is 4. The van der Waals surface area contributed by atoms with E-state index < -0.39 is 0 Å². The highest BCUT2D eigenvalue weighted by molar-refractivity contribution is 9.10. The third-order valence-corrected chi connectivity index (χ3v) is 6.55. The lowest BCUT2D eigenvalue weighted by Crippen LogP contribution is -2.07. The van der Waals surface area contributed by atoms with E-state index in [2.05, 4.69) is 92.0 Å². The van der Waals surface area contributed by atoms with Crippen molar-refractivity contribution in [2.24, 2.45) is 0 Å². The van der Waals surface area contributed by atoms with Crippen LogP contribution in [-0.2, 0) is 18.6 Å². The van der Waals surface area contributed by atoms with Crippen molar-refractivity contribution in [3.05, 3.63) is 88.2 Å². The second-order valence-electron chi connectivity index (χ2n) is 6.93. The highest BCUT2D eigenvalue weighted by Gasteiger charge is 2.20. The largest absolute Gasteiger partial charge is 0.269 e. The second kappa shape index (κ2) is 9.58. The quantitative estimate of drug-likeness (QED) is 0.284. The first-order valence-electron chi connectivity index (χ1n) is 10.1. The fourth-order valence-corrected chi connectivity index (χ4v) is 4.64. The molecule has 0 N–H and O–H groups in total. The maximum Gasteiger partial charge on any atom is 0.196 e. The number of rotatable bonds is 7. The lowest BCUT2D eigenvalue weighted by molar-refractivity contribution is 0.857. The zero-order valence-corrected chi connectivity index (χ0v) is 19.4. The Morgan fingerprint density at radius 3 is 2.27 bits per heavy atom. The van der Waals surface area contributed by atoms with E-state index in [1.54, 1.807) is 18.0 Å². The van der Waals surface area contributed by atoms with Gasteiger partial charge in [0.05, 0.1) is 5.69 Å². The van der Waals surface area contributed by atoms with Crippen molar-refractivity contribution in [3.8, 4) is 17.1 Å². The van der Waals surface area contributed by atoms with E-state index in [0.29, 0.717) is 0 Å². The molecule has 0 radical (unpaired) electrons. The molecule has 0 bridgehead atoms. The number of para-hydroxylation sites is 1. The van der Waals surface area contributed by atoms with Gasteiger partial charge in [-0.25, -0.2) is 0 Å². The normalized spacial score (nSPS) is 11.0. The zero-order chi connectivity index (χ0) is 20.9. The average Bonchev–Trinajstić information content (AvgIpc) is 3.22. The van der Waals surface area contributed by atoms with Crippen LogP contribution in [0.4, 0.5) is 0 Å². The average molecular weight is 479 g/mol. The SMILES string of the molecule is CCc1cccc(CC)c1-n1c(SCc2ccc(Br)cc2)nnc1-c1cccnc1. The molecule has 0 amide bonds. The predicted molar refractivity (Wildman–Crippen MR) is 127 cm³/mol. The van der Waals surface area contributed by atoms with Crippen molar-refractivity contribution in [1.29, 1.82) is 0 Å². The molecule has 0 aliphatic heterocycles. The summed E-state index contributed by atoms with van der Waals surface area (Å²) >= 11 is 5.21. The van der Waals surface area contributed by atoms with Crippen molar-refractivity contribution in [2.75, 3.05) is 0 Å². The van der Waals surface area contributed by atoms with E-state index in [1.807, 2.05) is 18.3 Å². The van der Waals surface area contributed by atoms with Crippen LogP contribution in [0.3, 0.4) is 0 Å². The molecule has 0 unspecified atom stereocenters. The second-order valence-corrected chi connectivity index (χ2v) is 8.79. The molecular formula is C24H23BrN4S. The van der Waals surface area contributed by atoms with E-state index in [1.165, 1.54) is 22.4 Å². The van der Waals surface area contributed by atoms with E-state index >= 15 is 0 Å². The van der Waals surface area contributed by atoms with Gasteiger partial charge in [-0.1, -0.05) is 71.9 Å². The first-order valence-corrected chi connectivity index (χ1v) is 11.8. The number of pyridine rings is 1. The van der Waals surface area contributed by atoms with Crippen molar-refractivity contribution in [3.63, 3.8) is 0 Å². The molecule has 2 aromatic heterocycles. The van der Waals surface area contributed by atoms with Gasteiger partial charge in [0.25, 0.3) is 0 Å². The summed E-state index contributed by atoms with van der Waals surface area (Å²) < 4.78 is 3.31. The minimum Gasteiger partial charge on any atom is -0.269 e. The molecule has 0 saturated carbocycles. The molecule has 4 rings (SSSR count). The van der Waals surface area contributed by atoms with Gasteiger partial charge < -0.3 is 0 Å². The summed E-state index contributed by atoms with van der Waals surface area (Å²) in [6.45, 7) is 4.39. The van der Waals surface area contributed by atoms with Crippen LogP contribution in [0.25, 0.3) is 17.1 Å². The van der Waals surface area contributed by atoms with Crippen LogP contribution in [-0.4, -0.2) is 19.7 Å². The Balaban J connectivity index is 1.82. The minimum absolute atomic E-state index is 0.828. The lowest BCUT2D eigenvalue weighted by Gasteiger charge is -2.18. The van der Waals surface area contributed by atoms with Crippen LogP contribution in [0.5, 0.6) is 0 Å². The highest BCUT2D eigenvalue weighted by Crippen LogP contribution is 2.33. The Hall–Kier alpha value is -2.44. The molecule has 30 heavy (non-hydrogen) atoms. The van der Waals surface area contributed by atoms with Crippen molar-refractivity contribution < 1.29 is 0 Å². The van der Waals surface area contributed by atoms with Crippen molar-refractivity contribution >= 4 is 27.7 Å². The molecule has 152 valence electrons. The molecule has 0 spiro atoms. The number of halogens is 1. The Kier molecular flexibility index (Phi) is 6.65. The molecule has 0 saturated heterocycles. The smallest absolute Gasteiger partial charge is 0.196 e. The summed E-state index contributed by atoms with van der Waals surface area (Å²) in [4.78, 5) is 4.30. The van der Waals surface area contributed by atoms with Crippen molar-refractivity contribution in [2.45, 2.75) is 37.6 Å². The Labute approximate surface area is 189 Å². The van der Waals surface area contributed by atoms with Crippen LogP contribution in [0.15, 0.2) is 76.6 Å². The molecule has 0 aliphatic rings. The molecule has 0 fully saturated rings. The Morgan fingerprint density at radius 2 is 1.63 bits per heavy atom. The van der Waals surface area contributed by atoms with E-state index in [-0.39, 0.29) is 0 Å².